The highest BCUT2D eigenvalue weighted by atomic mass is 79.9. The Morgan fingerprint density at radius 1 is 1.35 bits per heavy atom. The Balaban J connectivity index is 2.59. The lowest BCUT2D eigenvalue weighted by molar-refractivity contribution is -0.518. The Morgan fingerprint density at radius 2 is 1.90 bits per heavy atom. The van der Waals surface area contributed by atoms with Gasteiger partial charge in [-0.3, -0.25) is 10.1 Å². The fourth-order valence-electron chi connectivity index (χ4n) is 2.17. The van der Waals surface area contributed by atoms with E-state index in [2.05, 4.69) is 31.9 Å². The number of rotatable bonds is 3. The summed E-state index contributed by atoms with van der Waals surface area (Å²) in [5.41, 5.74) is 0.957. The lowest BCUT2D eigenvalue weighted by Crippen LogP contribution is -2.34. The summed E-state index contributed by atoms with van der Waals surface area (Å²) in [6.45, 7) is 1.48. The molecular formula is C12H11Br2NO4S. The second-order valence-corrected chi connectivity index (χ2v) is 8.72. The minimum atomic E-state index is -3.69. The summed E-state index contributed by atoms with van der Waals surface area (Å²) in [4.78, 5) is 10.0. The van der Waals surface area contributed by atoms with Gasteiger partial charge in [-0.15, -0.1) is 0 Å². The molecule has 0 saturated heterocycles. The van der Waals surface area contributed by atoms with Crippen LogP contribution in [0.3, 0.4) is 0 Å². The van der Waals surface area contributed by atoms with E-state index >= 15 is 0 Å². The molecule has 2 atom stereocenters. The maximum absolute atomic E-state index is 12.3. The van der Waals surface area contributed by atoms with Gasteiger partial charge in [0.1, 0.15) is 5.75 Å². The van der Waals surface area contributed by atoms with E-state index in [9.17, 15) is 18.5 Å². The number of halogens is 2. The number of nitrogens with zero attached hydrogens (tertiary/aromatic N) is 1. The molecular weight excluding hydrogens is 414 g/mol. The molecule has 0 spiro atoms. The van der Waals surface area contributed by atoms with Crippen molar-refractivity contribution in [1.82, 2.24) is 0 Å². The number of allylic oxidation sites excluding steroid dienone is 1. The van der Waals surface area contributed by atoms with E-state index in [1.165, 1.54) is 6.92 Å². The number of alkyl halides is 2. The van der Waals surface area contributed by atoms with Gasteiger partial charge in [0.05, 0.1) is 9.73 Å². The molecule has 1 aliphatic rings. The van der Waals surface area contributed by atoms with Crippen LogP contribution < -0.4 is 0 Å². The molecule has 1 aliphatic heterocycles. The third-order valence-corrected chi connectivity index (χ3v) is 8.11. The molecule has 8 heteroatoms. The molecule has 0 fully saturated rings. The van der Waals surface area contributed by atoms with Gasteiger partial charge in [0.2, 0.25) is 0 Å². The van der Waals surface area contributed by atoms with Crippen molar-refractivity contribution in [1.29, 1.82) is 0 Å². The summed E-state index contributed by atoms with van der Waals surface area (Å²) >= 11 is 6.32. The van der Waals surface area contributed by atoms with Crippen LogP contribution in [0.15, 0.2) is 40.8 Å². The minimum Gasteiger partial charge on any atom is -0.263 e. The fourth-order valence-corrected chi connectivity index (χ4v) is 6.99. The van der Waals surface area contributed by atoms with E-state index in [0.29, 0.717) is 0 Å². The van der Waals surface area contributed by atoms with Gasteiger partial charge in [-0.05, 0) is 12.5 Å². The molecule has 20 heavy (non-hydrogen) atoms. The summed E-state index contributed by atoms with van der Waals surface area (Å²) in [6, 6.07) is 8.94. The van der Waals surface area contributed by atoms with Crippen LogP contribution in [0.5, 0.6) is 0 Å². The Bertz CT molecular complexity index is 687. The van der Waals surface area contributed by atoms with Crippen molar-refractivity contribution in [3.8, 4) is 0 Å². The minimum absolute atomic E-state index is 0.0669. The predicted molar refractivity (Wildman–Crippen MR) is 83.2 cm³/mol. The second kappa shape index (κ2) is 5.23. The fraction of sp³-hybridized carbons (Fsp3) is 0.333. The van der Waals surface area contributed by atoms with Crippen molar-refractivity contribution < 1.29 is 13.3 Å². The lowest BCUT2D eigenvalue weighted by atomic mass is 10.1. The molecule has 1 aromatic rings. The first-order valence-electron chi connectivity index (χ1n) is 5.66. The van der Waals surface area contributed by atoms with Crippen molar-refractivity contribution in [2.75, 3.05) is 5.75 Å². The summed E-state index contributed by atoms with van der Waals surface area (Å²) < 4.78 is 22.8. The molecule has 108 valence electrons. The number of benzene rings is 1. The topological polar surface area (TPSA) is 77.3 Å². The first-order valence-corrected chi connectivity index (χ1v) is 9.02. The quantitative estimate of drug-likeness (QED) is 0.323. The molecule has 1 aromatic carbocycles. The highest BCUT2D eigenvalue weighted by Gasteiger charge is 2.56. The van der Waals surface area contributed by atoms with Gasteiger partial charge >= 0.3 is 4.45 Å². The van der Waals surface area contributed by atoms with E-state index in [1.54, 1.807) is 24.3 Å². The van der Waals surface area contributed by atoms with Crippen molar-refractivity contribution in [2.45, 2.75) is 16.2 Å². The van der Waals surface area contributed by atoms with Gasteiger partial charge in [-0.2, -0.15) is 0 Å². The van der Waals surface area contributed by atoms with Gasteiger partial charge in [-0.25, -0.2) is 8.42 Å². The largest absolute Gasteiger partial charge is 0.310 e. The maximum atomic E-state index is 12.3. The average Bonchev–Trinajstić information content (AvgIpc) is 2.57. The normalized spacial score (nSPS) is 26.6. The highest BCUT2D eigenvalue weighted by Crippen LogP contribution is 2.48. The molecule has 0 saturated carbocycles. The molecule has 0 aliphatic carbocycles. The third kappa shape index (κ3) is 2.44. The molecule has 0 radical (unpaired) electrons. The van der Waals surface area contributed by atoms with E-state index in [1.807, 2.05) is 6.07 Å². The highest BCUT2D eigenvalue weighted by molar-refractivity contribution is 9.10. The monoisotopic (exact) mass is 423 g/mol. The van der Waals surface area contributed by atoms with E-state index in [-0.39, 0.29) is 10.5 Å². The summed E-state index contributed by atoms with van der Waals surface area (Å²) in [5.74, 6) is -0.566. The molecule has 1 heterocycles. The predicted octanol–water partition coefficient (Wildman–Crippen LogP) is 3.19. The van der Waals surface area contributed by atoms with E-state index < -0.39 is 29.8 Å². The number of nitro groups is 1. The standard InChI is InChI=1S/C12H11Br2NO4S/c1-8-11(10(13)9-5-3-2-4-6-9)20(18,19)7-12(8,14)15(16)17/h2-6,10H,7H2,1H3/t10-,12+/m0/s1. The summed E-state index contributed by atoms with van der Waals surface area (Å²) in [5, 5.41) is 11.2. The van der Waals surface area contributed by atoms with Crippen LogP contribution in [0, 0.1) is 10.1 Å². The van der Waals surface area contributed by atoms with Gasteiger partial charge < -0.3 is 0 Å². The lowest BCUT2D eigenvalue weighted by Gasteiger charge is -2.13. The van der Waals surface area contributed by atoms with Crippen LogP contribution in [0.25, 0.3) is 0 Å². The summed E-state index contributed by atoms with van der Waals surface area (Å²) in [7, 11) is -3.69. The van der Waals surface area contributed by atoms with Crippen LogP contribution >= 0.6 is 31.9 Å². The van der Waals surface area contributed by atoms with Crippen molar-refractivity contribution in [3.63, 3.8) is 0 Å². The van der Waals surface area contributed by atoms with Gasteiger partial charge in [0.15, 0.2) is 9.84 Å². The maximum Gasteiger partial charge on any atom is 0.310 e. The first kappa shape index (κ1) is 15.7. The van der Waals surface area contributed by atoms with Gasteiger partial charge in [0, 0.05) is 26.4 Å². The van der Waals surface area contributed by atoms with Crippen LogP contribution in [-0.4, -0.2) is 23.5 Å². The smallest absolute Gasteiger partial charge is 0.263 e. The molecule has 0 amide bonds. The van der Waals surface area contributed by atoms with E-state index in [0.717, 1.165) is 5.56 Å². The Labute approximate surface area is 133 Å². The molecule has 0 N–H and O–H groups in total. The Morgan fingerprint density at radius 3 is 2.35 bits per heavy atom. The molecule has 0 bridgehead atoms. The van der Waals surface area contributed by atoms with Crippen LogP contribution in [0.4, 0.5) is 0 Å². The number of hydrogen-bond donors (Lipinski definition) is 0. The van der Waals surface area contributed by atoms with Crippen molar-refractivity contribution in [2.24, 2.45) is 0 Å². The SMILES string of the molecule is CC1=C([C@@H](Br)c2ccccc2)S(=O)(=O)C[C@@]1(Br)[N+](=O)[O-]. The van der Waals surface area contributed by atoms with Crippen molar-refractivity contribution >= 4 is 41.7 Å². The first-order chi connectivity index (χ1) is 9.20. The Kier molecular flexibility index (Phi) is 4.10. The van der Waals surface area contributed by atoms with Crippen LogP contribution in [0.1, 0.15) is 17.3 Å². The van der Waals surface area contributed by atoms with E-state index in [4.69, 9.17) is 0 Å². The summed E-state index contributed by atoms with van der Waals surface area (Å²) in [6.07, 6.45) is 0. The van der Waals surface area contributed by atoms with Crippen molar-refractivity contribution in [3.05, 3.63) is 56.5 Å². The number of sulfone groups is 1. The molecule has 5 nitrogen and oxygen atoms in total. The molecule has 0 unspecified atom stereocenters. The van der Waals surface area contributed by atoms with Crippen LogP contribution in [0.2, 0.25) is 0 Å². The average molecular weight is 425 g/mol. The number of hydrogen-bond acceptors (Lipinski definition) is 4. The third-order valence-electron chi connectivity index (χ3n) is 3.27. The zero-order valence-corrected chi connectivity index (χ0v) is 14.4. The van der Waals surface area contributed by atoms with Crippen LogP contribution in [-0.2, 0) is 9.84 Å². The van der Waals surface area contributed by atoms with Gasteiger partial charge in [0.25, 0.3) is 0 Å². The zero-order chi connectivity index (χ0) is 15.1. The second-order valence-electron chi connectivity index (χ2n) is 4.54. The Hall–Kier alpha value is -0.730. The van der Waals surface area contributed by atoms with Gasteiger partial charge in [-0.1, -0.05) is 46.3 Å². The zero-order valence-electron chi connectivity index (χ0n) is 10.4. The molecule has 2 rings (SSSR count). The molecule has 0 aromatic heterocycles.